The van der Waals surface area contributed by atoms with Crippen molar-refractivity contribution in [1.29, 1.82) is 0 Å². The van der Waals surface area contributed by atoms with Crippen molar-refractivity contribution < 1.29 is 14.8 Å². The van der Waals surface area contributed by atoms with E-state index in [2.05, 4.69) is 11.8 Å². The number of rotatable bonds is 5. The van der Waals surface area contributed by atoms with Crippen molar-refractivity contribution in [3.63, 3.8) is 0 Å². The molecule has 1 aromatic heterocycles. The van der Waals surface area contributed by atoms with Gasteiger partial charge in [0.15, 0.2) is 5.75 Å². The van der Waals surface area contributed by atoms with Gasteiger partial charge in [-0.05, 0) is 12.1 Å². The molecule has 0 fully saturated rings. The SMILES string of the molecule is O=[N+]([O-])c1ccccc1OCc1cc(C#CCCO)cs1. The van der Waals surface area contributed by atoms with Crippen LogP contribution in [-0.4, -0.2) is 16.6 Å². The second-order valence-electron chi connectivity index (χ2n) is 4.09. The van der Waals surface area contributed by atoms with Crippen LogP contribution < -0.4 is 4.74 Å². The molecule has 1 aromatic carbocycles. The number of hydrogen-bond acceptors (Lipinski definition) is 5. The van der Waals surface area contributed by atoms with Gasteiger partial charge in [0.2, 0.25) is 0 Å². The van der Waals surface area contributed by atoms with Gasteiger partial charge in [0.1, 0.15) is 6.61 Å². The van der Waals surface area contributed by atoms with Gasteiger partial charge < -0.3 is 9.84 Å². The highest BCUT2D eigenvalue weighted by atomic mass is 32.1. The molecule has 5 nitrogen and oxygen atoms in total. The first-order valence-corrected chi connectivity index (χ1v) is 7.12. The Morgan fingerprint density at radius 2 is 2.19 bits per heavy atom. The summed E-state index contributed by atoms with van der Waals surface area (Å²) in [5.74, 6) is 6.02. The van der Waals surface area contributed by atoms with Crippen LogP contribution >= 0.6 is 11.3 Å². The van der Waals surface area contributed by atoms with Crippen molar-refractivity contribution in [2.75, 3.05) is 6.61 Å². The van der Waals surface area contributed by atoms with E-state index in [4.69, 9.17) is 9.84 Å². The van der Waals surface area contributed by atoms with Crippen LogP contribution in [0, 0.1) is 22.0 Å². The van der Waals surface area contributed by atoms with Crippen LogP contribution in [0.1, 0.15) is 16.9 Å². The van der Waals surface area contributed by atoms with Crippen LogP contribution in [-0.2, 0) is 6.61 Å². The van der Waals surface area contributed by atoms with Crippen molar-refractivity contribution >= 4 is 17.0 Å². The molecule has 108 valence electrons. The van der Waals surface area contributed by atoms with Crippen LogP contribution in [0.15, 0.2) is 35.7 Å². The number of hydrogen-bond donors (Lipinski definition) is 1. The highest BCUT2D eigenvalue weighted by Crippen LogP contribution is 2.27. The standard InChI is InChI=1S/C15H13NO4S/c17-8-4-3-5-12-9-13(21-11-12)10-20-15-7-2-1-6-14(15)16(18)19/h1-2,6-7,9,11,17H,4,8,10H2. The normalized spacial score (nSPS) is 9.76. The van der Waals surface area contributed by atoms with Crippen LogP contribution in [0.3, 0.4) is 0 Å². The average molecular weight is 303 g/mol. The summed E-state index contributed by atoms with van der Waals surface area (Å²) in [6.07, 6.45) is 0.442. The third-order valence-electron chi connectivity index (χ3n) is 2.56. The molecule has 21 heavy (non-hydrogen) atoms. The summed E-state index contributed by atoms with van der Waals surface area (Å²) in [5, 5.41) is 21.4. The molecule has 0 aliphatic heterocycles. The summed E-state index contributed by atoms with van der Waals surface area (Å²) in [4.78, 5) is 11.3. The molecule has 1 heterocycles. The largest absolute Gasteiger partial charge is 0.481 e. The maximum atomic E-state index is 10.9. The number of nitrogens with zero attached hydrogens (tertiary/aromatic N) is 1. The third kappa shape index (κ3) is 4.31. The molecule has 0 saturated heterocycles. The number of nitro groups is 1. The van der Waals surface area contributed by atoms with E-state index in [1.54, 1.807) is 18.2 Å². The summed E-state index contributed by atoms with van der Waals surface area (Å²) >= 11 is 1.48. The minimum Gasteiger partial charge on any atom is -0.481 e. The van der Waals surface area contributed by atoms with Gasteiger partial charge in [-0.2, -0.15) is 0 Å². The molecule has 0 aliphatic rings. The van der Waals surface area contributed by atoms with E-state index in [0.29, 0.717) is 6.42 Å². The molecule has 0 radical (unpaired) electrons. The van der Waals surface area contributed by atoms with E-state index in [0.717, 1.165) is 10.4 Å². The lowest BCUT2D eigenvalue weighted by Crippen LogP contribution is -1.97. The van der Waals surface area contributed by atoms with Crippen LogP contribution in [0.5, 0.6) is 5.75 Å². The van der Waals surface area contributed by atoms with Gasteiger partial charge in [0.25, 0.3) is 0 Å². The number of aliphatic hydroxyl groups excluding tert-OH is 1. The van der Waals surface area contributed by atoms with Crippen molar-refractivity contribution in [1.82, 2.24) is 0 Å². The molecule has 0 bridgehead atoms. The van der Waals surface area contributed by atoms with Gasteiger partial charge in [-0.25, -0.2) is 0 Å². The molecule has 6 heteroatoms. The van der Waals surface area contributed by atoms with Crippen molar-refractivity contribution in [2.45, 2.75) is 13.0 Å². The Balaban J connectivity index is 2.01. The summed E-state index contributed by atoms with van der Waals surface area (Å²) in [6, 6.07) is 8.17. The molecule has 0 unspecified atom stereocenters. The Bertz CT molecular complexity index is 684. The van der Waals surface area contributed by atoms with E-state index >= 15 is 0 Å². The summed E-state index contributed by atoms with van der Waals surface area (Å²) in [5.41, 5.74) is 0.812. The third-order valence-corrected chi connectivity index (χ3v) is 3.47. The Kier molecular flexibility index (Phi) is 5.32. The van der Waals surface area contributed by atoms with Crippen LogP contribution in [0.25, 0.3) is 0 Å². The summed E-state index contributed by atoms with van der Waals surface area (Å²) in [7, 11) is 0. The molecular formula is C15H13NO4S. The first-order chi connectivity index (χ1) is 10.2. The number of ether oxygens (including phenoxy) is 1. The zero-order valence-corrected chi connectivity index (χ0v) is 11.9. The topological polar surface area (TPSA) is 72.6 Å². The molecule has 1 N–H and O–H groups in total. The lowest BCUT2D eigenvalue weighted by atomic mass is 10.3. The van der Waals surface area contributed by atoms with Gasteiger partial charge in [0.05, 0.1) is 11.5 Å². The van der Waals surface area contributed by atoms with Crippen molar-refractivity contribution in [3.8, 4) is 17.6 Å². The first-order valence-electron chi connectivity index (χ1n) is 6.24. The maximum absolute atomic E-state index is 10.9. The van der Waals surface area contributed by atoms with Crippen molar-refractivity contribution in [2.24, 2.45) is 0 Å². The van der Waals surface area contributed by atoms with E-state index < -0.39 is 4.92 Å². The molecule has 0 amide bonds. The molecule has 0 aliphatic carbocycles. The molecular weight excluding hydrogens is 290 g/mol. The second-order valence-corrected chi connectivity index (χ2v) is 5.09. The second kappa shape index (κ2) is 7.43. The molecule has 0 saturated carbocycles. The highest BCUT2D eigenvalue weighted by Gasteiger charge is 2.13. The monoisotopic (exact) mass is 303 g/mol. The highest BCUT2D eigenvalue weighted by molar-refractivity contribution is 7.10. The smallest absolute Gasteiger partial charge is 0.310 e. The lowest BCUT2D eigenvalue weighted by molar-refractivity contribution is -0.385. The zero-order valence-electron chi connectivity index (χ0n) is 11.1. The minimum absolute atomic E-state index is 0.0444. The summed E-state index contributed by atoms with van der Waals surface area (Å²) < 4.78 is 5.50. The van der Waals surface area contributed by atoms with Gasteiger partial charge >= 0.3 is 5.69 Å². The Morgan fingerprint density at radius 1 is 1.38 bits per heavy atom. The van der Waals surface area contributed by atoms with E-state index in [1.165, 1.54) is 17.4 Å². The number of aliphatic hydroxyl groups is 1. The molecule has 0 spiro atoms. The predicted molar refractivity (Wildman–Crippen MR) is 80.3 cm³/mol. The fourth-order valence-corrected chi connectivity index (χ4v) is 2.35. The first kappa shape index (κ1) is 15.0. The van der Waals surface area contributed by atoms with E-state index in [9.17, 15) is 10.1 Å². The fourth-order valence-electron chi connectivity index (χ4n) is 1.62. The van der Waals surface area contributed by atoms with Gasteiger partial charge in [-0.1, -0.05) is 24.0 Å². The van der Waals surface area contributed by atoms with E-state index in [1.807, 2.05) is 11.4 Å². The quantitative estimate of drug-likeness (QED) is 0.523. The number of thiophene rings is 1. The van der Waals surface area contributed by atoms with E-state index in [-0.39, 0.29) is 24.7 Å². The summed E-state index contributed by atoms with van der Waals surface area (Å²) in [6.45, 7) is 0.308. The Hall–Kier alpha value is -2.36. The fraction of sp³-hybridized carbons (Fsp3) is 0.200. The number of benzene rings is 1. The number of para-hydroxylation sites is 2. The Morgan fingerprint density at radius 3 is 2.95 bits per heavy atom. The predicted octanol–water partition coefficient (Wildman–Crippen LogP) is 2.97. The molecule has 0 atom stereocenters. The van der Waals surface area contributed by atoms with Crippen molar-refractivity contribution in [3.05, 3.63) is 56.3 Å². The van der Waals surface area contributed by atoms with Gasteiger partial charge in [-0.3, -0.25) is 10.1 Å². The van der Waals surface area contributed by atoms with Gasteiger partial charge in [-0.15, -0.1) is 11.3 Å². The molecule has 2 rings (SSSR count). The minimum atomic E-state index is -0.463. The van der Waals surface area contributed by atoms with Gasteiger partial charge in [0, 0.05) is 28.3 Å². The number of nitro benzene ring substituents is 1. The molecule has 2 aromatic rings. The lowest BCUT2D eigenvalue weighted by Gasteiger charge is -2.04. The Labute approximate surface area is 126 Å². The average Bonchev–Trinajstić information content (AvgIpc) is 2.93. The zero-order chi connectivity index (χ0) is 15.1. The van der Waals surface area contributed by atoms with Crippen LogP contribution in [0.2, 0.25) is 0 Å². The van der Waals surface area contributed by atoms with Crippen LogP contribution in [0.4, 0.5) is 5.69 Å². The maximum Gasteiger partial charge on any atom is 0.310 e.